The first-order valence-electron chi connectivity index (χ1n) is 4.45. The van der Waals surface area contributed by atoms with E-state index in [1.165, 1.54) is 0 Å². The van der Waals surface area contributed by atoms with Crippen LogP contribution in [-0.4, -0.2) is 11.8 Å². The normalized spacial score (nSPS) is 25.4. The van der Waals surface area contributed by atoms with Gasteiger partial charge in [-0.3, -0.25) is 20.4 Å². The largest absolute Gasteiger partial charge is 0.294 e. The van der Waals surface area contributed by atoms with Crippen molar-refractivity contribution in [2.45, 2.75) is 12.8 Å². The lowest BCUT2D eigenvalue weighted by molar-refractivity contribution is -0.135. The monoisotopic (exact) mass is 232 g/mol. The molecule has 0 radical (unpaired) electrons. The molecular weight excluding hydrogens is 220 g/mol. The summed E-state index contributed by atoms with van der Waals surface area (Å²) in [5.74, 6) is 8.19. The Morgan fingerprint density at radius 3 is 2.33 bits per heavy atom. The minimum absolute atomic E-state index is 0.308. The van der Waals surface area contributed by atoms with Crippen molar-refractivity contribution in [2.24, 2.45) is 23.5 Å². The summed E-state index contributed by atoms with van der Waals surface area (Å²) < 4.78 is 0. The van der Waals surface area contributed by atoms with E-state index in [9.17, 15) is 9.59 Å². The van der Waals surface area contributed by atoms with Crippen molar-refractivity contribution in [1.29, 1.82) is 0 Å². The number of nitrogens with two attached hydrogens (primary N) is 2. The maximum atomic E-state index is 11.4. The molecule has 0 saturated heterocycles. The maximum absolute atomic E-state index is 11.4. The van der Waals surface area contributed by atoms with Gasteiger partial charge in [0.25, 0.3) is 0 Å². The first kappa shape index (κ1) is 12.0. The number of carbonyl (C=O) groups excluding carboxylic acids is 2. The van der Waals surface area contributed by atoms with E-state index in [0.717, 1.165) is 0 Å². The van der Waals surface area contributed by atoms with Gasteiger partial charge in [-0.2, -0.15) is 0 Å². The van der Waals surface area contributed by atoms with Gasteiger partial charge in [0.05, 0.1) is 11.8 Å². The van der Waals surface area contributed by atoms with E-state index >= 15 is 0 Å². The van der Waals surface area contributed by atoms with Gasteiger partial charge in [-0.1, -0.05) is 17.7 Å². The topological polar surface area (TPSA) is 110 Å². The van der Waals surface area contributed by atoms with Crippen LogP contribution in [0.2, 0.25) is 0 Å². The van der Waals surface area contributed by atoms with Gasteiger partial charge in [-0.05, 0) is 12.8 Å². The van der Waals surface area contributed by atoms with E-state index < -0.39 is 17.7 Å². The Bertz CT molecular complexity index is 305. The third-order valence-corrected chi connectivity index (χ3v) is 2.76. The summed E-state index contributed by atoms with van der Waals surface area (Å²) in [6.45, 7) is 0. The fourth-order valence-electron chi connectivity index (χ4n) is 1.63. The lowest BCUT2D eigenvalue weighted by Gasteiger charge is -2.26. The minimum Gasteiger partial charge on any atom is -0.294 e. The van der Waals surface area contributed by atoms with Gasteiger partial charge in [0.2, 0.25) is 11.8 Å². The minimum atomic E-state index is -0.559. The van der Waals surface area contributed by atoms with Crippen molar-refractivity contribution in [1.82, 2.24) is 10.9 Å². The molecule has 1 rings (SSSR count). The zero-order valence-electron chi connectivity index (χ0n) is 8.00. The fraction of sp³-hybridized carbons (Fsp3) is 0.500. The summed E-state index contributed by atoms with van der Waals surface area (Å²) in [6, 6.07) is 0. The Labute approximate surface area is 91.9 Å². The smallest absolute Gasteiger partial charge is 0.238 e. The highest BCUT2D eigenvalue weighted by atomic mass is 35.5. The van der Waals surface area contributed by atoms with E-state index in [0.29, 0.717) is 17.9 Å². The predicted molar refractivity (Wildman–Crippen MR) is 54.8 cm³/mol. The van der Waals surface area contributed by atoms with Gasteiger partial charge in [-0.25, -0.2) is 11.7 Å². The molecule has 0 heterocycles. The summed E-state index contributed by atoms with van der Waals surface area (Å²) in [6.07, 6.45) is 2.41. The average Bonchev–Trinajstić information content (AvgIpc) is 2.26. The van der Waals surface area contributed by atoms with Crippen molar-refractivity contribution >= 4 is 23.4 Å². The molecule has 6 N–H and O–H groups in total. The lowest BCUT2D eigenvalue weighted by Crippen LogP contribution is -2.46. The Morgan fingerprint density at radius 2 is 1.80 bits per heavy atom. The Balaban J connectivity index is 2.84. The molecule has 7 heteroatoms. The second-order valence-electron chi connectivity index (χ2n) is 3.32. The van der Waals surface area contributed by atoms with Crippen LogP contribution in [0.3, 0.4) is 0 Å². The second-order valence-corrected chi connectivity index (χ2v) is 3.81. The third kappa shape index (κ3) is 2.68. The first-order valence-corrected chi connectivity index (χ1v) is 4.83. The van der Waals surface area contributed by atoms with Crippen molar-refractivity contribution < 1.29 is 9.59 Å². The summed E-state index contributed by atoms with van der Waals surface area (Å²) in [5, 5.41) is 0.560. The number of carbonyl (C=O) groups is 2. The van der Waals surface area contributed by atoms with Gasteiger partial charge < -0.3 is 0 Å². The number of hydrazine groups is 2. The molecule has 1 aliphatic rings. The Kier molecular flexibility index (Phi) is 4.07. The number of hydrogen-bond donors (Lipinski definition) is 4. The van der Waals surface area contributed by atoms with E-state index in [1.54, 1.807) is 6.08 Å². The van der Waals surface area contributed by atoms with Crippen LogP contribution in [0.4, 0.5) is 0 Å². The first-order chi connectivity index (χ1) is 7.10. The highest BCUT2D eigenvalue weighted by Gasteiger charge is 2.35. The quantitative estimate of drug-likeness (QED) is 0.281. The van der Waals surface area contributed by atoms with Crippen LogP contribution in [-0.2, 0) is 9.59 Å². The van der Waals surface area contributed by atoms with Crippen LogP contribution in [0, 0.1) is 11.8 Å². The highest BCUT2D eigenvalue weighted by Crippen LogP contribution is 2.31. The molecule has 0 aliphatic heterocycles. The second kappa shape index (κ2) is 5.11. The lowest BCUT2D eigenvalue weighted by atomic mass is 9.82. The van der Waals surface area contributed by atoms with Crippen molar-refractivity contribution in [3.05, 3.63) is 11.1 Å². The molecule has 0 saturated carbocycles. The van der Waals surface area contributed by atoms with Gasteiger partial charge in [-0.15, -0.1) is 0 Å². The molecule has 0 aromatic carbocycles. The zero-order valence-corrected chi connectivity index (χ0v) is 8.75. The van der Waals surface area contributed by atoms with Crippen LogP contribution >= 0.6 is 11.6 Å². The highest BCUT2D eigenvalue weighted by molar-refractivity contribution is 6.29. The van der Waals surface area contributed by atoms with Crippen molar-refractivity contribution in [2.75, 3.05) is 0 Å². The van der Waals surface area contributed by atoms with E-state index in [4.69, 9.17) is 23.3 Å². The summed E-state index contributed by atoms with van der Waals surface area (Å²) >= 11 is 5.80. The summed E-state index contributed by atoms with van der Waals surface area (Å²) in [7, 11) is 0. The molecule has 0 fully saturated rings. The van der Waals surface area contributed by atoms with Crippen LogP contribution in [0.1, 0.15) is 12.8 Å². The number of amides is 2. The number of nitrogens with one attached hydrogen (secondary N) is 2. The number of allylic oxidation sites excluding steroid dienone is 2. The molecular formula is C8H13ClN4O2. The van der Waals surface area contributed by atoms with Crippen molar-refractivity contribution in [3.8, 4) is 0 Å². The molecule has 2 amide bonds. The number of halogens is 1. The van der Waals surface area contributed by atoms with Crippen LogP contribution in [0.15, 0.2) is 11.1 Å². The number of rotatable bonds is 2. The van der Waals surface area contributed by atoms with Gasteiger partial charge in [0.15, 0.2) is 0 Å². The SMILES string of the molecule is NNC(=O)[C@H]1CC(Cl)=CC[C@H]1C(=O)NN. The zero-order chi connectivity index (χ0) is 11.4. The van der Waals surface area contributed by atoms with E-state index in [1.807, 2.05) is 10.9 Å². The summed E-state index contributed by atoms with van der Waals surface area (Å²) in [4.78, 5) is 22.8. The molecule has 84 valence electrons. The Morgan fingerprint density at radius 1 is 1.27 bits per heavy atom. The number of hydrogen-bond acceptors (Lipinski definition) is 4. The molecule has 0 aromatic heterocycles. The molecule has 6 nitrogen and oxygen atoms in total. The molecule has 0 aromatic rings. The molecule has 0 unspecified atom stereocenters. The van der Waals surface area contributed by atoms with Crippen molar-refractivity contribution in [3.63, 3.8) is 0 Å². The van der Waals surface area contributed by atoms with Crippen LogP contribution in [0.25, 0.3) is 0 Å². The van der Waals surface area contributed by atoms with E-state index in [2.05, 4.69) is 0 Å². The van der Waals surface area contributed by atoms with E-state index in [-0.39, 0.29) is 5.91 Å². The molecule has 0 spiro atoms. The molecule has 2 atom stereocenters. The average molecular weight is 233 g/mol. The Hall–Kier alpha value is -1.11. The van der Waals surface area contributed by atoms with Crippen LogP contribution in [0.5, 0.6) is 0 Å². The molecule has 0 bridgehead atoms. The van der Waals surface area contributed by atoms with Crippen LogP contribution < -0.4 is 22.5 Å². The molecule has 15 heavy (non-hydrogen) atoms. The maximum Gasteiger partial charge on any atom is 0.238 e. The predicted octanol–water partition coefficient (Wildman–Crippen LogP) is -0.885. The molecule has 1 aliphatic carbocycles. The van der Waals surface area contributed by atoms with Gasteiger partial charge in [0.1, 0.15) is 0 Å². The third-order valence-electron chi connectivity index (χ3n) is 2.45. The standard InChI is InChI=1S/C8H13ClN4O2/c9-4-1-2-5(7(14)12-10)6(3-4)8(15)13-11/h1,5-6H,2-3,10-11H2,(H,12,14)(H,13,15)/t5-,6+/m1/s1. The van der Waals surface area contributed by atoms with Gasteiger partial charge >= 0.3 is 0 Å². The van der Waals surface area contributed by atoms with Gasteiger partial charge in [0, 0.05) is 5.03 Å². The fourth-order valence-corrected chi connectivity index (χ4v) is 1.89. The summed E-state index contributed by atoms with van der Waals surface area (Å²) in [5.41, 5.74) is 4.04.